The summed E-state index contributed by atoms with van der Waals surface area (Å²) in [7, 11) is 0. The summed E-state index contributed by atoms with van der Waals surface area (Å²) in [5.41, 5.74) is 11.6. The van der Waals surface area contributed by atoms with Gasteiger partial charge in [0.1, 0.15) is 5.69 Å². The smallest absolute Gasteiger partial charge is 0.230 e. The Morgan fingerprint density at radius 1 is 1.10 bits per heavy atom. The van der Waals surface area contributed by atoms with Crippen molar-refractivity contribution in [3.05, 3.63) is 53.9 Å². The Balaban J connectivity index is 2.23. The minimum Gasteiger partial charge on any atom is -0.367 e. The summed E-state index contributed by atoms with van der Waals surface area (Å²) in [6, 6.07) is 11.9. The molecule has 0 unspecified atom stereocenters. The molecule has 2 N–H and O–H groups in total. The third-order valence-corrected chi connectivity index (χ3v) is 3.30. The number of rotatable bonds is 2. The molecule has 20 heavy (non-hydrogen) atoms. The molecule has 0 saturated heterocycles. The summed E-state index contributed by atoms with van der Waals surface area (Å²) in [5, 5.41) is 4.12. The highest BCUT2D eigenvalue weighted by Crippen LogP contribution is 2.37. The summed E-state index contributed by atoms with van der Waals surface area (Å²) < 4.78 is 5.21. The fraction of sp³-hybridized carbons (Fsp3) is 0.125. The summed E-state index contributed by atoms with van der Waals surface area (Å²) in [5.74, 6) is 0.337. The van der Waals surface area contributed by atoms with Crippen molar-refractivity contribution in [1.82, 2.24) is 10.1 Å². The number of nitrogens with two attached hydrogens (primary N) is 1. The van der Waals surface area contributed by atoms with Crippen LogP contribution in [0.15, 0.2) is 47.1 Å². The Labute approximate surface area is 117 Å². The van der Waals surface area contributed by atoms with Gasteiger partial charge in [0.15, 0.2) is 0 Å². The van der Waals surface area contributed by atoms with Gasteiger partial charge in [0, 0.05) is 17.5 Å². The fourth-order valence-electron chi connectivity index (χ4n) is 2.31. The third kappa shape index (κ3) is 2.05. The van der Waals surface area contributed by atoms with Crippen LogP contribution in [0.3, 0.4) is 0 Å². The third-order valence-electron chi connectivity index (χ3n) is 3.30. The number of nitrogen functional groups attached to an aromatic ring is 1. The molecule has 0 bridgehead atoms. The van der Waals surface area contributed by atoms with Crippen LogP contribution < -0.4 is 5.73 Å². The Morgan fingerprint density at radius 2 is 1.90 bits per heavy atom. The van der Waals surface area contributed by atoms with Crippen LogP contribution in [0.4, 0.5) is 5.88 Å². The lowest BCUT2D eigenvalue weighted by Crippen LogP contribution is -1.91. The van der Waals surface area contributed by atoms with E-state index in [1.807, 2.05) is 50.2 Å². The largest absolute Gasteiger partial charge is 0.367 e. The number of anilines is 1. The zero-order valence-electron chi connectivity index (χ0n) is 11.4. The van der Waals surface area contributed by atoms with E-state index in [9.17, 15) is 0 Å². The number of hydrogen-bond acceptors (Lipinski definition) is 4. The molecule has 3 aromatic rings. The van der Waals surface area contributed by atoms with E-state index in [-0.39, 0.29) is 0 Å². The lowest BCUT2D eigenvalue weighted by molar-refractivity contribution is 0.439. The van der Waals surface area contributed by atoms with E-state index in [1.54, 1.807) is 6.20 Å². The SMILES string of the molecule is Cc1cc(-c2noc(N)c2-c2ccccc2C)ccn1. The highest BCUT2D eigenvalue weighted by molar-refractivity contribution is 5.88. The van der Waals surface area contributed by atoms with Crippen LogP contribution in [0.1, 0.15) is 11.3 Å². The lowest BCUT2D eigenvalue weighted by atomic mass is 9.97. The molecule has 2 heterocycles. The number of pyridine rings is 1. The lowest BCUT2D eigenvalue weighted by Gasteiger charge is -2.06. The maximum atomic E-state index is 5.97. The Hall–Kier alpha value is -2.62. The number of aromatic nitrogens is 2. The summed E-state index contributed by atoms with van der Waals surface area (Å²) >= 11 is 0. The summed E-state index contributed by atoms with van der Waals surface area (Å²) in [6.45, 7) is 3.99. The summed E-state index contributed by atoms with van der Waals surface area (Å²) in [4.78, 5) is 4.20. The van der Waals surface area contributed by atoms with Gasteiger partial charge in [0.25, 0.3) is 0 Å². The molecule has 2 aromatic heterocycles. The van der Waals surface area contributed by atoms with Gasteiger partial charge in [-0.2, -0.15) is 0 Å². The Morgan fingerprint density at radius 3 is 2.65 bits per heavy atom. The van der Waals surface area contributed by atoms with E-state index in [0.717, 1.165) is 33.6 Å². The average Bonchev–Trinajstić information content (AvgIpc) is 2.81. The van der Waals surface area contributed by atoms with Crippen LogP contribution in [0.25, 0.3) is 22.4 Å². The molecule has 0 aliphatic heterocycles. The van der Waals surface area contributed by atoms with Gasteiger partial charge >= 0.3 is 0 Å². The standard InChI is InChI=1S/C16H15N3O/c1-10-5-3-4-6-13(10)14-15(19-20-16(14)17)12-7-8-18-11(2)9-12/h3-9H,17H2,1-2H3. The van der Waals surface area contributed by atoms with Gasteiger partial charge in [-0.3, -0.25) is 4.98 Å². The van der Waals surface area contributed by atoms with Crippen molar-refractivity contribution in [3.8, 4) is 22.4 Å². The molecule has 4 heteroatoms. The first-order valence-corrected chi connectivity index (χ1v) is 6.41. The molecule has 0 aliphatic carbocycles. The van der Waals surface area contributed by atoms with Crippen LogP contribution in [0.5, 0.6) is 0 Å². The highest BCUT2D eigenvalue weighted by Gasteiger charge is 2.18. The highest BCUT2D eigenvalue weighted by atomic mass is 16.5. The fourth-order valence-corrected chi connectivity index (χ4v) is 2.31. The minimum absolute atomic E-state index is 0.337. The van der Waals surface area contributed by atoms with Crippen LogP contribution in [-0.2, 0) is 0 Å². The van der Waals surface area contributed by atoms with Crippen molar-refractivity contribution in [1.29, 1.82) is 0 Å². The average molecular weight is 265 g/mol. The second-order valence-corrected chi connectivity index (χ2v) is 4.77. The molecule has 0 saturated carbocycles. The summed E-state index contributed by atoms with van der Waals surface area (Å²) in [6.07, 6.45) is 1.76. The Kier molecular flexibility index (Phi) is 2.99. The van der Waals surface area contributed by atoms with Crippen molar-refractivity contribution in [3.63, 3.8) is 0 Å². The first kappa shape index (κ1) is 12.4. The first-order valence-electron chi connectivity index (χ1n) is 6.41. The van der Waals surface area contributed by atoms with E-state index < -0.39 is 0 Å². The molecule has 0 aliphatic rings. The Bertz CT molecular complexity index is 762. The van der Waals surface area contributed by atoms with Gasteiger partial charge in [-0.15, -0.1) is 0 Å². The molecule has 0 amide bonds. The topological polar surface area (TPSA) is 64.9 Å². The van der Waals surface area contributed by atoms with Gasteiger partial charge < -0.3 is 10.3 Å². The van der Waals surface area contributed by atoms with Crippen LogP contribution in [-0.4, -0.2) is 10.1 Å². The number of benzene rings is 1. The van der Waals surface area contributed by atoms with Gasteiger partial charge in [-0.05, 0) is 37.1 Å². The van der Waals surface area contributed by atoms with E-state index in [0.29, 0.717) is 5.88 Å². The molecule has 4 nitrogen and oxygen atoms in total. The van der Waals surface area contributed by atoms with Gasteiger partial charge in [-0.1, -0.05) is 29.4 Å². The minimum atomic E-state index is 0.337. The first-order chi connectivity index (χ1) is 9.66. The maximum absolute atomic E-state index is 5.97. The molecule has 3 rings (SSSR count). The van der Waals surface area contributed by atoms with Crippen LogP contribution >= 0.6 is 0 Å². The predicted octanol–water partition coefficient (Wildman–Crippen LogP) is 3.60. The van der Waals surface area contributed by atoms with Crippen LogP contribution in [0.2, 0.25) is 0 Å². The number of hydrogen-bond donors (Lipinski definition) is 1. The van der Waals surface area contributed by atoms with Gasteiger partial charge in [-0.25, -0.2) is 0 Å². The van der Waals surface area contributed by atoms with Gasteiger partial charge in [0.2, 0.25) is 5.88 Å². The molecule has 100 valence electrons. The molecule has 0 spiro atoms. The van der Waals surface area contributed by atoms with E-state index in [1.165, 1.54) is 0 Å². The molecule has 0 atom stereocenters. The van der Waals surface area contributed by atoms with Crippen LogP contribution in [0, 0.1) is 13.8 Å². The normalized spacial score (nSPS) is 10.7. The quantitative estimate of drug-likeness (QED) is 0.768. The maximum Gasteiger partial charge on any atom is 0.230 e. The van der Waals surface area contributed by atoms with Crippen molar-refractivity contribution >= 4 is 5.88 Å². The molecular weight excluding hydrogens is 250 g/mol. The van der Waals surface area contributed by atoms with Gasteiger partial charge in [0.05, 0.1) is 5.56 Å². The monoisotopic (exact) mass is 265 g/mol. The van der Waals surface area contributed by atoms with Crippen molar-refractivity contribution in [2.45, 2.75) is 13.8 Å². The zero-order valence-corrected chi connectivity index (χ0v) is 11.4. The molecule has 0 radical (unpaired) electrons. The predicted molar refractivity (Wildman–Crippen MR) is 79.1 cm³/mol. The van der Waals surface area contributed by atoms with E-state index >= 15 is 0 Å². The van der Waals surface area contributed by atoms with Crippen molar-refractivity contribution in [2.75, 3.05) is 5.73 Å². The molecular formula is C16H15N3O. The van der Waals surface area contributed by atoms with Crippen molar-refractivity contribution < 1.29 is 4.52 Å². The van der Waals surface area contributed by atoms with E-state index in [4.69, 9.17) is 10.3 Å². The van der Waals surface area contributed by atoms with Crippen molar-refractivity contribution in [2.24, 2.45) is 0 Å². The molecule has 0 fully saturated rings. The molecule has 1 aromatic carbocycles. The second-order valence-electron chi connectivity index (χ2n) is 4.77. The second kappa shape index (κ2) is 4.81. The van der Waals surface area contributed by atoms with E-state index in [2.05, 4.69) is 10.1 Å². The number of nitrogens with zero attached hydrogens (tertiary/aromatic N) is 2. The number of aryl methyl sites for hydroxylation is 2. The zero-order chi connectivity index (χ0) is 14.1.